The Morgan fingerprint density at radius 1 is 1.00 bits per heavy atom. The van der Waals surface area contributed by atoms with Crippen LogP contribution in [0.25, 0.3) is 0 Å². The SMILES string of the molecule is [2H]CC(/C=C/C([2H])C)(c1ccccc1)c1ccccc1. The Bertz CT molecular complexity index is 505. The Kier molecular flexibility index (Phi) is 3.20. The lowest BCUT2D eigenvalue weighted by Gasteiger charge is -2.27. The summed E-state index contributed by atoms with van der Waals surface area (Å²) in [5, 5.41) is 0. The van der Waals surface area contributed by atoms with Gasteiger partial charge in [0.15, 0.2) is 0 Å². The van der Waals surface area contributed by atoms with Crippen LogP contribution in [0.4, 0.5) is 0 Å². The average molecular weight is 238 g/mol. The molecule has 18 heavy (non-hydrogen) atoms. The van der Waals surface area contributed by atoms with Gasteiger partial charge in [0.25, 0.3) is 0 Å². The van der Waals surface area contributed by atoms with Crippen molar-refractivity contribution in [3.05, 3.63) is 83.9 Å². The average Bonchev–Trinajstić information content (AvgIpc) is 2.50. The van der Waals surface area contributed by atoms with E-state index in [1.807, 2.05) is 55.5 Å². The van der Waals surface area contributed by atoms with E-state index >= 15 is 0 Å². The zero-order valence-corrected chi connectivity index (χ0v) is 10.7. The van der Waals surface area contributed by atoms with Gasteiger partial charge in [0.1, 0.15) is 0 Å². The number of hydrogen-bond donors (Lipinski definition) is 0. The van der Waals surface area contributed by atoms with Crippen molar-refractivity contribution in [1.82, 2.24) is 0 Å². The molecule has 0 N–H and O–H groups in total. The normalized spacial score (nSPS) is 15.2. The van der Waals surface area contributed by atoms with E-state index in [1.165, 1.54) is 0 Å². The quantitative estimate of drug-likeness (QED) is 0.660. The number of allylic oxidation sites excluding steroid dienone is 2. The Morgan fingerprint density at radius 2 is 1.50 bits per heavy atom. The Morgan fingerprint density at radius 3 is 1.89 bits per heavy atom. The number of hydrogen-bond acceptors (Lipinski definition) is 0. The van der Waals surface area contributed by atoms with Crippen LogP contribution in [0.2, 0.25) is 0 Å². The fourth-order valence-corrected chi connectivity index (χ4v) is 2.09. The summed E-state index contributed by atoms with van der Waals surface area (Å²) >= 11 is 0. The molecule has 0 aliphatic heterocycles. The summed E-state index contributed by atoms with van der Waals surface area (Å²) in [6.45, 7) is 2.06. The first kappa shape index (κ1) is 10.1. The van der Waals surface area contributed by atoms with Gasteiger partial charge in [0, 0.05) is 8.16 Å². The summed E-state index contributed by atoms with van der Waals surface area (Å²) in [7, 11) is 0. The molecule has 92 valence electrons. The first-order valence-corrected chi connectivity index (χ1v) is 6.21. The Labute approximate surface area is 113 Å². The van der Waals surface area contributed by atoms with Gasteiger partial charge < -0.3 is 0 Å². The maximum atomic E-state index is 8.11. The molecule has 0 aromatic heterocycles. The second-order valence-electron chi connectivity index (χ2n) is 4.40. The second-order valence-corrected chi connectivity index (χ2v) is 4.40. The highest BCUT2D eigenvalue weighted by atomic mass is 14.3. The van der Waals surface area contributed by atoms with Gasteiger partial charge in [-0.3, -0.25) is 0 Å². The summed E-state index contributed by atoms with van der Waals surface area (Å²) in [5.41, 5.74) is 1.72. The molecule has 2 aromatic carbocycles. The molecule has 0 heterocycles. The number of rotatable bonds is 4. The first-order chi connectivity index (χ1) is 9.69. The Balaban J connectivity index is 2.58. The molecule has 0 bridgehead atoms. The van der Waals surface area contributed by atoms with Gasteiger partial charge in [0.05, 0.1) is 0 Å². The van der Waals surface area contributed by atoms with Crippen LogP contribution in [0.15, 0.2) is 72.8 Å². The summed E-state index contributed by atoms with van der Waals surface area (Å²) in [4.78, 5) is 0. The lowest BCUT2D eigenvalue weighted by molar-refractivity contribution is 0.720. The largest absolute Gasteiger partial charge is 0.0876 e. The van der Waals surface area contributed by atoms with Crippen LogP contribution in [0.1, 0.15) is 34.1 Å². The summed E-state index contributed by atoms with van der Waals surface area (Å²) < 4.78 is 15.8. The molecule has 0 heteroatoms. The topological polar surface area (TPSA) is 0 Å². The maximum absolute atomic E-state index is 8.11. The summed E-state index contributed by atoms with van der Waals surface area (Å²) in [6.07, 6.45) is 3.62. The minimum absolute atomic E-state index is 0.226. The van der Waals surface area contributed by atoms with Crippen LogP contribution < -0.4 is 0 Å². The molecule has 1 unspecified atom stereocenters. The first-order valence-electron chi connectivity index (χ1n) is 7.49. The van der Waals surface area contributed by atoms with Crippen LogP contribution in [-0.2, 0) is 5.41 Å². The van der Waals surface area contributed by atoms with Gasteiger partial charge in [0.2, 0.25) is 0 Å². The number of benzene rings is 2. The van der Waals surface area contributed by atoms with Gasteiger partial charge in [-0.15, -0.1) is 0 Å². The van der Waals surface area contributed by atoms with Crippen molar-refractivity contribution in [2.75, 3.05) is 0 Å². The van der Waals surface area contributed by atoms with Gasteiger partial charge in [-0.1, -0.05) is 79.7 Å². The van der Waals surface area contributed by atoms with E-state index in [0.29, 0.717) is 0 Å². The molecule has 0 saturated heterocycles. The van der Waals surface area contributed by atoms with Crippen molar-refractivity contribution < 1.29 is 2.74 Å². The predicted molar refractivity (Wildman–Crippen MR) is 78.8 cm³/mol. The summed E-state index contributed by atoms with van der Waals surface area (Å²) in [5.74, 6) is 0. The zero-order chi connectivity index (χ0) is 14.4. The molecule has 0 amide bonds. The maximum Gasteiger partial charge on any atom is 0.0353 e. The third-order valence-corrected chi connectivity index (χ3v) is 3.15. The van der Waals surface area contributed by atoms with E-state index in [9.17, 15) is 0 Å². The van der Waals surface area contributed by atoms with Crippen molar-refractivity contribution in [1.29, 1.82) is 0 Å². The van der Waals surface area contributed by atoms with E-state index < -0.39 is 5.41 Å². The van der Waals surface area contributed by atoms with Gasteiger partial charge in [-0.2, -0.15) is 0 Å². The fraction of sp³-hybridized carbons (Fsp3) is 0.222. The van der Waals surface area contributed by atoms with Crippen molar-refractivity contribution in [2.45, 2.75) is 25.6 Å². The second kappa shape index (κ2) is 5.68. The molecular formula is C18H20. The molecule has 0 saturated carbocycles. The van der Waals surface area contributed by atoms with Crippen LogP contribution in [0, 0.1) is 0 Å². The van der Waals surface area contributed by atoms with Crippen molar-refractivity contribution in [2.24, 2.45) is 0 Å². The van der Waals surface area contributed by atoms with E-state index in [0.717, 1.165) is 11.1 Å². The molecular weight excluding hydrogens is 216 g/mol. The van der Waals surface area contributed by atoms with Gasteiger partial charge >= 0.3 is 0 Å². The highest BCUT2D eigenvalue weighted by molar-refractivity contribution is 5.43. The molecule has 0 fully saturated rings. The molecule has 0 spiro atoms. The van der Waals surface area contributed by atoms with Crippen molar-refractivity contribution in [3.8, 4) is 0 Å². The highest BCUT2D eigenvalue weighted by Gasteiger charge is 2.24. The molecule has 0 radical (unpaired) electrons. The third-order valence-electron chi connectivity index (χ3n) is 3.15. The minimum atomic E-state index is -0.474. The highest BCUT2D eigenvalue weighted by Crippen LogP contribution is 2.33. The van der Waals surface area contributed by atoms with Crippen molar-refractivity contribution in [3.63, 3.8) is 0 Å². The van der Waals surface area contributed by atoms with Crippen LogP contribution >= 0.6 is 0 Å². The molecule has 2 rings (SSSR count). The summed E-state index contributed by atoms with van der Waals surface area (Å²) in [6, 6.07) is 20.2. The molecule has 1 atom stereocenters. The lowest BCUT2D eigenvalue weighted by Crippen LogP contribution is -2.20. The smallest absolute Gasteiger partial charge is 0.0353 e. The predicted octanol–water partition coefficient (Wildman–Crippen LogP) is 4.96. The van der Waals surface area contributed by atoms with Crippen LogP contribution in [0.5, 0.6) is 0 Å². The van der Waals surface area contributed by atoms with E-state index in [-0.39, 0.29) is 13.3 Å². The molecule has 0 nitrogen and oxygen atoms in total. The van der Waals surface area contributed by atoms with Crippen LogP contribution in [-0.4, -0.2) is 0 Å². The van der Waals surface area contributed by atoms with E-state index in [1.54, 1.807) is 0 Å². The minimum Gasteiger partial charge on any atom is -0.0876 e. The molecule has 0 aliphatic carbocycles. The zero-order valence-electron chi connectivity index (χ0n) is 12.7. The third kappa shape index (κ3) is 2.53. The monoisotopic (exact) mass is 238 g/mol. The van der Waals surface area contributed by atoms with Crippen LogP contribution in [0.3, 0.4) is 0 Å². The standard InChI is InChI=1S/C18H20/c1-3-4-15-18(2,16-11-7-5-8-12-16)17-13-9-6-10-14-17/h4-15H,3H2,1-2H3/b15-4+/i2D,3D. The Hall–Kier alpha value is -1.82. The van der Waals surface area contributed by atoms with Gasteiger partial charge in [-0.25, -0.2) is 0 Å². The van der Waals surface area contributed by atoms with Crippen molar-refractivity contribution >= 4 is 0 Å². The van der Waals surface area contributed by atoms with Gasteiger partial charge in [-0.05, 0) is 24.4 Å². The van der Waals surface area contributed by atoms with E-state index in [2.05, 4.69) is 24.3 Å². The fourth-order valence-electron chi connectivity index (χ4n) is 2.09. The van der Waals surface area contributed by atoms with E-state index in [4.69, 9.17) is 2.74 Å². The lowest BCUT2D eigenvalue weighted by atomic mass is 9.76. The molecule has 0 aliphatic rings. The molecule has 2 aromatic rings.